The largest absolute Gasteiger partial charge is 0.322 e. The Labute approximate surface area is 110 Å². The summed E-state index contributed by atoms with van der Waals surface area (Å²) in [5, 5.41) is 5.34. The normalized spacial score (nSPS) is 16.9. The third-order valence-electron chi connectivity index (χ3n) is 3.18. The van der Waals surface area contributed by atoms with Crippen molar-refractivity contribution in [2.24, 2.45) is 5.10 Å². The maximum atomic E-state index is 11.6. The molecule has 1 aromatic carbocycles. The molecule has 19 heavy (non-hydrogen) atoms. The number of allylic oxidation sites excluding steroid dienone is 2. The van der Waals surface area contributed by atoms with Crippen LogP contribution in [0.2, 0.25) is 0 Å². The highest BCUT2D eigenvalue weighted by molar-refractivity contribution is 5.97. The zero-order chi connectivity index (χ0) is 13.1. The van der Waals surface area contributed by atoms with E-state index in [1.54, 1.807) is 6.07 Å². The van der Waals surface area contributed by atoms with Gasteiger partial charge in [0.1, 0.15) is 0 Å². The van der Waals surface area contributed by atoms with Crippen LogP contribution in [0.3, 0.4) is 0 Å². The van der Waals surface area contributed by atoms with Gasteiger partial charge in [0.05, 0.1) is 16.9 Å². The highest BCUT2D eigenvalue weighted by Gasteiger charge is 2.03. The number of nitrogens with zero attached hydrogens (tertiary/aromatic N) is 1. The van der Waals surface area contributed by atoms with E-state index in [-0.39, 0.29) is 5.56 Å². The first-order chi connectivity index (χ1) is 9.33. The van der Waals surface area contributed by atoms with Crippen molar-refractivity contribution in [1.29, 1.82) is 0 Å². The molecule has 1 heterocycles. The number of benzene rings is 1. The molecule has 0 unspecified atom stereocenters. The number of pyridine rings is 1. The predicted octanol–water partition coefficient (Wildman–Crippen LogP) is 3.04. The number of hydrazone groups is 1. The van der Waals surface area contributed by atoms with Crippen molar-refractivity contribution in [3.63, 3.8) is 0 Å². The zero-order valence-electron chi connectivity index (χ0n) is 10.5. The SMILES string of the molecule is O=c1cc(NN=C2C=CCCC2)c2ccccc2[nH]1. The van der Waals surface area contributed by atoms with Gasteiger partial charge in [0, 0.05) is 11.5 Å². The number of aromatic nitrogens is 1. The van der Waals surface area contributed by atoms with Crippen LogP contribution >= 0.6 is 0 Å². The molecule has 0 atom stereocenters. The van der Waals surface area contributed by atoms with E-state index in [4.69, 9.17) is 0 Å². The number of aromatic amines is 1. The third kappa shape index (κ3) is 2.57. The van der Waals surface area contributed by atoms with Crippen LogP contribution in [0.5, 0.6) is 0 Å². The van der Waals surface area contributed by atoms with Crippen LogP contribution < -0.4 is 11.0 Å². The van der Waals surface area contributed by atoms with E-state index in [0.29, 0.717) is 0 Å². The molecule has 0 saturated heterocycles. The van der Waals surface area contributed by atoms with E-state index >= 15 is 0 Å². The number of nitrogens with one attached hydrogen (secondary N) is 2. The van der Waals surface area contributed by atoms with E-state index in [1.807, 2.05) is 30.3 Å². The molecule has 1 aliphatic rings. The molecule has 2 aromatic rings. The van der Waals surface area contributed by atoms with Crippen LogP contribution in [-0.4, -0.2) is 10.7 Å². The summed E-state index contributed by atoms with van der Waals surface area (Å²) in [6, 6.07) is 9.23. The number of hydrogen-bond donors (Lipinski definition) is 2. The molecule has 0 radical (unpaired) electrons. The van der Waals surface area contributed by atoms with E-state index in [9.17, 15) is 4.79 Å². The Morgan fingerprint density at radius 2 is 2.16 bits per heavy atom. The number of para-hydroxylation sites is 1. The summed E-state index contributed by atoms with van der Waals surface area (Å²) < 4.78 is 0. The van der Waals surface area contributed by atoms with Crippen molar-refractivity contribution in [1.82, 2.24) is 4.98 Å². The van der Waals surface area contributed by atoms with Crippen LogP contribution in [0.25, 0.3) is 10.9 Å². The van der Waals surface area contributed by atoms with Crippen LogP contribution in [0.4, 0.5) is 5.69 Å². The van der Waals surface area contributed by atoms with Gasteiger partial charge < -0.3 is 4.98 Å². The smallest absolute Gasteiger partial charge is 0.250 e. The second-order valence-corrected chi connectivity index (χ2v) is 4.60. The first-order valence-electron chi connectivity index (χ1n) is 6.44. The Bertz CT molecular complexity index is 713. The predicted molar refractivity (Wildman–Crippen MR) is 78.6 cm³/mol. The number of H-pyrrole nitrogens is 1. The molecular weight excluding hydrogens is 238 g/mol. The van der Waals surface area contributed by atoms with Crippen molar-refractivity contribution >= 4 is 22.3 Å². The van der Waals surface area contributed by atoms with Crippen LogP contribution in [0, 0.1) is 0 Å². The monoisotopic (exact) mass is 253 g/mol. The van der Waals surface area contributed by atoms with Crippen molar-refractivity contribution in [3.05, 3.63) is 52.8 Å². The highest BCUT2D eigenvalue weighted by Crippen LogP contribution is 2.19. The summed E-state index contributed by atoms with van der Waals surface area (Å²) in [5.74, 6) is 0. The van der Waals surface area contributed by atoms with Gasteiger partial charge in [-0.2, -0.15) is 5.10 Å². The minimum atomic E-state index is -0.124. The van der Waals surface area contributed by atoms with Gasteiger partial charge >= 0.3 is 0 Å². The molecule has 3 rings (SSSR count). The lowest BCUT2D eigenvalue weighted by Crippen LogP contribution is -2.08. The van der Waals surface area contributed by atoms with Crippen LogP contribution in [0.1, 0.15) is 19.3 Å². The summed E-state index contributed by atoms with van der Waals surface area (Å²) in [4.78, 5) is 14.4. The summed E-state index contributed by atoms with van der Waals surface area (Å²) in [5.41, 5.74) is 5.47. The number of rotatable bonds is 2. The molecule has 0 aliphatic heterocycles. The average molecular weight is 253 g/mol. The number of anilines is 1. The molecule has 1 aromatic heterocycles. The first kappa shape index (κ1) is 11.7. The fourth-order valence-electron chi connectivity index (χ4n) is 2.23. The van der Waals surface area contributed by atoms with Crippen LogP contribution in [-0.2, 0) is 0 Å². The van der Waals surface area contributed by atoms with Gasteiger partial charge in [0.15, 0.2) is 0 Å². The molecule has 96 valence electrons. The van der Waals surface area contributed by atoms with Gasteiger partial charge in [-0.3, -0.25) is 10.2 Å². The third-order valence-corrected chi connectivity index (χ3v) is 3.18. The summed E-state index contributed by atoms with van der Waals surface area (Å²) in [6.45, 7) is 0. The fraction of sp³-hybridized carbons (Fsp3) is 0.200. The Morgan fingerprint density at radius 1 is 1.26 bits per heavy atom. The second-order valence-electron chi connectivity index (χ2n) is 4.60. The Kier molecular flexibility index (Phi) is 3.14. The highest BCUT2D eigenvalue weighted by atomic mass is 16.1. The Hall–Kier alpha value is -2.36. The number of fused-ring (bicyclic) bond motifs is 1. The van der Waals surface area contributed by atoms with Gasteiger partial charge in [-0.25, -0.2) is 0 Å². The number of hydrogen-bond acceptors (Lipinski definition) is 3. The van der Waals surface area contributed by atoms with Gasteiger partial charge in [0.2, 0.25) is 0 Å². The molecule has 2 N–H and O–H groups in total. The first-order valence-corrected chi connectivity index (χ1v) is 6.44. The fourth-order valence-corrected chi connectivity index (χ4v) is 2.23. The molecule has 0 amide bonds. The minimum absolute atomic E-state index is 0.124. The summed E-state index contributed by atoms with van der Waals surface area (Å²) in [6.07, 6.45) is 7.39. The van der Waals surface area contributed by atoms with Gasteiger partial charge in [0.25, 0.3) is 5.56 Å². The zero-order valence-corrected chi connectivity index (χ0v) is 10.5. The quantitative estimate of drug-likeness (QED) is 0.808. The lowest BCUT2D eigenvalue weighted by atomic mass is 10.1. The van der Waals surface area contributed by atoms with Crippen molar-refractivity contribution in [2.75, 3.05) is 5.43 Å². The molecule has 0 spiro atoms. The molecule has 0 bridgehead atoms. The van der Waals surface area contributed by atoms with Crippen molar-refractivity contribution in [3.8, 4) is 0 Å². The second kappa shape index (κ2) is 5.10. The maximum absolute atomic E-state index is 11.6. The van der Waals surface area contributed by atoms with Gasteiger partial charge in [-0.15, -0.1) is 0 Å². The van der Waals surface area contributed by atoms with E-state index in [0.717, 1.165) is 41.6 Å². The topological polar surface area (TPSA) is 57.2 Å². The lowest BCUT2D eigenvalue weighted by Gasteiger charge is -2.08. The van der Waals surface area contributed by atoms with Crippen LogP contribution in [0.15, 0.2) is 52.4 Å². The molecular formula is C15H15N3O. The van der Waals surface area contributed by atoms with E-state index in [1.165, 1.54) is 0 Å². The van der Waals surface area contributed by atoms with E-state index in [2.05, 4.69) is 21.6 Å². The molecule has 4 heteroatoms. The van der Waals surface area contributed by atoms with Crippen molar-refractivity contribution in [2.45, 2.75) is 19.3 Å². The van der Waals surface area contributed by atoms with E-state index < -0.39 is 0 Å². The van der Waals surface area contributed by atoms with Gasteiger partial charge in [-0.05, 0) is 31.4 Å². The standard InChI is InChI=1S/C15H15N3O/c19-15-10-14(12-8-4-5-9-13(12)16-15)18-17-11-6-2-1-3-7-11/h2,4-6,8-10H,1,3,7H2,(H2,16,18,19). The maximum Gasteiger partial charge on any atom is 0.250 e. The minimum Gasteiger partial charge on any atom is -0.322 e. The summed E-state index contributed by atoms with van der Waals surface area (Å²) in [7, 11) is 0. The molecule has 0 fully saturated rings. The van der Waals surface area contributed by atoms with Crippen molar-refractivity contribution < 1.29 is 0 Å². The average Bonchev–Trinajstić information content (AvgIpc) is 2.45. The van der Waals surface area contributed by atoms with Gasteiger partial charge in [-0.1, -0.05) is 24.3 Å². The summed E-state index contributed by atoms with van der Waals surface area (Å²) >= 11 is 0. The lowest BCUT2D eigenvalue weighted by molar-refractivity contribution is 0.877. The Morgan fingerprint density at radius 3 is 3.00 bits per heavy atom. The Balaban J connectivity index is 1.98. The molecule has 0 saturated carbocycles. The molecule has 4 nitrogen and oxygen atoms in total. The molecule has 1 aliphatic carbocycles.